The zero-order valence-corrected chi connectivity index (χ0v) is 20.4. The van der Waals surface area contributed by atoms with Crippen molar-refractivity contribution in [1.82, 2.24) is 14.5 Å². The number of aromatic carboxylic acids is 1. The molecule has 0 unspecified atom stereocenters. The number of carboxylic acids is 1. The van der Waals surface area contributed by atoms with Crippen LogP contribution in [-0.4, -0.2) is 44.6 Å². The molecule has 0 atom stereocenters. The van der Waals surface area contributed by atoms with E-state index in [0.717, 1.165) is 72.4 Å². The number of hydrogen-bond acceptors (Lipinski definition) is 3. The summed E-state index contributed by atoms with van der Waals surface area (Å²) in [6.07, 6.45) is 3.95. The minimum absolute atomic E-state index is 0.0519. The van der Waals surface area contributed by atoms with Gasteiger partial charge in [-0.3, -0.25) is 0 Å². The molecule has 4 aromatic rings. The van der Waals surface area contributed by atoms with Gasteiger partial charge in [-0.1, -0.05) is 49.4 Å². The fourth-order valence-electron chi connectivity index (χ4n) is 4.86. The molecule has 184 valence electrons. The van der Waals surface area contributed by atoms with Gasteiger partial charge in [-0.2, -0.15) is 0 Å². The van der Waals surface area contributed by atoms with Crippen molar-refractivity contribution in [1.29, 1.82) is 0 Å². The second-order valence-electron chi connectivity index (χ2n) is 9.24. The van der Waals surface area contributed by atoms with E-state index in [0.29, 0.717) is 17.7 Å². The summed E-state index contributed by atoms with van der Waals surface area (Å²) in [5, 5.41) is 12.6. The Hall–Kier alpha value is -4.13. The number of amides is 2. The largest absolute Gasteiger partial charge is 0.478 e. The van der Waals surface area contributed by atoms with Gasteiger partial charge in [0.25, 0.3) is 0 Å². The number of aryl methyl sites for hydroxylation is 1. The number of carbonyl (C=O) groups excluding carboxylic acids is 1. The lowest BCUT2D eigenvalue weighted by atomic mass is 9.99. The van der Waals surface area contributed by atoms with Crippen LogP contribution < -0.4 is 5.32 Å². The number of fused-ring (bicyclic) bond motifs is 1. The van der Waals surface area contributed by atoms with E-state index in [4.69, 9.17) is 4.98 Å². The number of anilines is 1. The number of imidazole rings is 1. The summed E-state index contributed by atoms with van der Waals surface area (Å²) in [5.41, 5.74) is 5.61. The Morgan fingerprint density at radius 3 is 2.47 bits per heavy atom. The van der Waals surface area contributed by atoms with Crippen LogP contribution in [0.3, 0.4) is 0 Å². The smallest absolute Gasteiger partial charge is 0.336 e. The Kier molecular flexibility index (Phi) is 6.71. The van der Waals surface area contributed by atoms with Gasteiger partial charge in [0.1, 0.15) is 5.82 Å². The average molecular weight is 483 g/mol. The molecule has 0 aliphatic carbocycles. The van der Waals surface area contributed by atoms with Crippen LogP contribution in [0.4, 0.5) is 10.5 Å². The lowest BCUT2D eigenvalue weighted by Gasteiger charge is -2.16. The van der Waals surface area contributed by atoms with Crippen LogP contribution in [0.25, 0.3) is 22.2 Å². The highest BCUT2D eigenvalue weighted by Crippen LogP contribution is 2.26. The van der Waals surface area contributed by atoms with Crippen molar-refractivity contribution >= 4 is 28.7 Å². The normalized spacial score (nSPS) is 13.3. The number of benzene rings is 3. The van der Waals surface area contributed by atoms with Crippen molar-refractivity contribution in [3.63, 3.8) is 0 Å². The predicted molar refractivity (Wildman–Crippen MR) is 141 cm³/mol. The number of nitrogens with zero attached hydrogens (tertiary/aromatic N) is 3. The van der Waals surface area contributed by atoms with E-state index in [2.05, 4.69) is 16.8 Å². The van der Waals surface area contributed by atoms with Crippen LogP contribution in [0.15, 0.2) is 66.7 Å². The van der Waals surface area contributed by atoms with Crippen LogP contribution in [0.1, 0.15) is 47.9 Å². The third kappa shape index (κ3) is 4.82. The van der Waals surface area contributed by atoms with Gasteiger partial charge >= 0.3 is 12.0 Å². The molecule has 1 aliphatic rings. The SMILES string of the molecule is CCCc1nc2ccc(NC(=O)N3CCCC3)cc2n1Cc1ccc(-c2ccccc2C(=O)O)cc1. The van der Waals surface area contributed by atoms with E-state index in [1.54, 1.807) is 12.1 Å². The molecule has 2 heterocycles. The van der Waals surface area contributed by atoms with Crippen molar-refractivity contribution < 1.29 is 14.7 Å². The molecule has 7 heteroatoms. The Bertz CT molecular complexity index is 1400. The quantitative estimate of drug-likeness (QED) is 0.337. The highest BCUT2D eigenvalue weighted by atomic mass is 16.4. The predicted octanol–water partition coefficient (Wildman–Crippen LogP) is 6.03. The maximum atomic E-state index is 12.6. The average Bonchev–Trinajstić information content (AvgIpc) is 3.54. The number of carbonyl (C=O) groups is 2. The van der Waals surface area contributed by atoms with Crippen molar-refractivity contribution in [2.24, 2.45) is 0 Å². The summed E-state index contributed by atoms with van der Waals surface area (Å²) < 4.78 is 2.21. The van der Waals surface area contributed by atoms with Crippen molar-refractivity contribution in [2.45, 2.75) is 39.2 Å². The molecule has 0 radical (unpaired) electrons. The maximum Gasteiger partial charge on any atom is 0.336 e. The highest BCUT2D eigenvalue weighted by Gasteiger charge is 2.19. The summed E-state index contributed by atoms with van der Waals surface area (Å²) >= 11 is 0. The summed E-state index contributed by atoms with van der Waals surface area (Å²) in [5.74, 6) is 0.0761. The van der Waals surface area contributed by atoms with Gasteiger partial charge in [0.15, 0.2) is 0 Å². The molecule has 7 nitrogen and oxygen atoms in total. The number of aromatic nitrogens is 2. The summed E-state index contributed by atoms with van der Waals surface area (Å²) in [6, 6.07) is 20.9. The van der Waals surface area contributed by atoms with Crippen LogP contribution in [-0.2, 0) is 13.0 Å². The van der Waals surface area contributed by atoms with Gasteiger partial charge in [-0.05, 0) is 60.2 Å². The van der Waals surface area contributed by atoms with Gasteiger partial charge in [-0.15, -0.1) is 0 Å². The fraction of sp³-hybridized carbons (Fsp3) is 0.276. The molecule has 2 N–H and O–H groups in total. The van der Waals surface area contributed by atoms with Crippen LogP contribution in [0, 0.1) is 0 Å². The Balaban J connectivity index is 1.43. The lowest BCUT2D eigenvalue weighted by Crippen LogP contribution is -2.32. The Labute approximate surface area is 210 Å². The van der Waals surface area contributed by atoms with Crippen LogP contribution in [0.2, 0.25) is 0 Å². The minimum atomic E-state index is -0.934. The first-order valence-electron chi connectivity index (χ1n) is 12.5. The fourth-order valence-corrected chi connectivity index (χ4v) is 4.86. The molecule has 1 saturated heterocycles. The molecule has 1 aliphatic heterocycles. The first kappa shape index (κ1) is 23.6. The first-order chi connectivity index (χ1) is 17.5. The molecule has 0 spiro atoms. The van der Waals surface area contributed by atoms with E-state index in [9.17, 15) is 14.7 Å². The summed E-state index contributed by atoms with van der Waals surface area (Å²) in [6.45, 7) is 4.38. The topological polar surface area (TPSA) is 87.5 Å². The maximum absolute atomic E-state index is 12.6. The Morgan fingerprint density at radius 1 is 1.00 bits per heavy atom. The summed E-state index contributed by atoms with van der Waals surface area (Å²) in [7, 11) is 0. The van der Waals surface area contributed by atoms with Gasteiger partial charge in [-0.25, -0.2) is 14.6 Å². The van der Waals surface area contributed by atoms with Crippen LogP contribution >= 0.6 is 0 Å². The van der Waals surface area contributed by atoms with Gasteiger partial charge in [0, 0.05) is 31.7 Å². The van der Waals surface area contributed by atoms with Crippen molar-refractivity contribution in [3.05, 3.63) is 83.7 Å². The van der Waals surface area contributed by atoms with Gasteiger partial charge in [0.05, 0.1) is 16.6 Å². The second-order valence-corrected chi connectivity index (χ2v) is 9.24. The number of urea groups is 1. The van der Waals surface area contributed by atoms with Gasteiger partial charge < -0.3 is 19.9 Å². The third-order valence-corrected chi connectivity index (χ3v) is 6.71. The summed E-state index contributed by atoms with van der Waals surface area (Å²) in [4.78, 5) is 31.0. The number of carboxylic acid groups (broad SMARTS) is 1. The minimum Gasteiger partial charge on any atom is -0.478 e. The zero-order chi connectivity index (χ0) is 25.1. The first-order valence-corrected chi connectivity index (χ1v) is 12.5. The van der Waals surface area contributed by atoms with E-state index in [-0.39, 0.29) is 6.03 Å². The molecule has 0 saturated carbocycles. The van der Waals surface area contributed by atoms with E-state index < -0.39 is 5.97 Å². The molecule has 0 bridgehead atoms. The number of likely N-dealkylation sites (tertiary alicyclic amines) is 1. The van der Waals surface area contributed by atoms with Gasteiger partial charge in [0.2, 0.25) is 0 Å². The molecule has 2 amide bonds. The molecule has 5 rings (SSSR count). The molecular formula is C29H30N4O3. The molecule has 3 aromatic carbocycles. The number of nitrogens with one attached hydrogen (secondary N) is 1. The van der Waals surface area contributed by atoms with E-state index >= 15 is 0 Å². The number of hydrogen-bond donors (Lipinski definition) is 2. The number of rotatable bonds is 7. The second kappa shape index (κ2) is 10.2. The molecule has 1 aromatic heterocycles. The molecular weight excluding hydrogens is 452 g/mol. The lowest BCUT2D eigenvalue weighted by molar-refractivity contribution is 0.0697. The third-order valence-electron chi connectivity index (χ3n) is 6.71. The van der Waals surface area contributed by atoms with Crippen LogP contribution in [0.5, 0.6) is 0 Å². The van der Waals surface area contributed by atoms with Crippen molar-refractivity contribution in [2.75, 3.05) is 18.4 Å². The van der Waals surface area contributed by atoms with Crippen molar-refractivity contribution in [3.8, 4) is 11.1 Å². The standard InChI is InChI=1S/C29H30N4O3/c1-2-7-27-31-25-15-14-22(30-29(36)32-16-5-6-17-32)18-26(25)33(27)19-20-10-12-21(13-11-20)23-8-3-4-9-24(23)28(34)35/h3-4,8-15,18H,2,5-7,16-17,19H2,1H3,(H,30,36)(H,34,35). The van der Waals surface area contributed by atoms with E-state index in [1.165, 1.54) is 0 Å². The Morgan fingerprint density at radius 2 is 1.75 bits per heavy atom. The van der Waals surface area contributed by atoms with E-state index in [1.807, 2.05) is 59.5 Å². The monoisotopic (exact) mass is 482 g/mol. The molecule has 36 heavy (non-hydrogen) atoms. The molecule has 1 fully saturated rings. The zero-order valence-electron chi connectivity index (χ0n) is 20.4. The highest BCUT2D eigenvalue weighted by molar-refractivity contribution is 5.96.